The highest BCUT2D eigenvalue weighted by Gasteiger charge is 2.18. The quantitative estimate of drug-likeness (QED) is 0.690. The minimum atomic E-state index is -0.932. The normalized spacial score (nSPS) is 14.8. The van der Waals surface area contributed by atoms with Crippen molar-refractivity contribution < 1.29 is 4.21 Å². The van der Waals surface area contributed by atoms with Crippen molar-refractivity contribution in [3.63, 3.8) is 0 Å². The van der Waals surface area contributed by atoms with Crippen LogP contribution in [0.3, 0.4) is 0 Å². The van der Waals surface area contributed by atoms with Crippen molar-refractivity contribution in [2.75, 3.05) is 5.75 Å². The van der Waals surface area contributed by atoms with E-state index in [9.17, 15) is 4.21 Å². The Morgan fingerprint density at radius 3 is 2.55 bits per heavy atom. The second kappa shape index (κ2) is 7.14. The van der Waals surface area contributed by atoms with Crippen molar-refractivity contribution in [3.8, 4) is 0 Å². The zero-order chi connectivity index (χ0) is 14.7. The Bertz CT molecular complexity index is 565. The van der Waals surface area contributed by atoms with E-state index >= 15 is 0 Å². The molecule has 5 heteroatoms. The summed E-state index contributed by atoms with van der Waals surface area (Å²) in [6.07, 6.45) is 4.76. The number of hydrogen-bond donors (Lipinski definition) is 0. The first-order chi connectivity index (χ1) is 9.56. The molecule has 112 valence electrons. The molecule has 0 radical (unpaired) electrons. The molecule has 0 N–H and O–H groups in total. The second-order valence-corrected chi connectivity index (χ2v) is 9.40. The monoisotopic (exact) mass is 329 g/mol. The van der Waals surface area contributed by atoms with Crippen LogP contribution in [0.25, 0.3) is 10.2 Å². The lowest BCUT2D eigenvalue weighted by Crippen LogP contribution is -2.10. The molecule has 0 aromatic carbocycles. The fraction of sp³-hybridized carbons (Fsp3) is 0.667. The SMILES string of the molecule is CCCCC(CC)CS(=O)c1nc2c(C)sc(C)c2s1. The lowest BCUT2D eigenvalue weighted by atomic mass is 10.0. The first kappa shape index (κ1) is 16.1. The van der Waals surface area contributed by atoms with Crippen LogP contribution in [0.5, 0.6) is 0 Å². The minimum Gasteiger partial charge on any atom is -0.252 e. The molecule has 2 nitrogen and oxygen atoms in total. The van der Waals surface area contributed by atoms with Crippen LogP contribution in [0.4, 0.5) is 0 Å². The van der Waals surface area contributed by atoms with Gasteiger partial charge in [0.2, 0.25) is 0 Å². The molecular weight excluding hydrogens is 306 g/mol. The lowest BCUT2D eigenvalue weighted by molar-refractivity contribution is 0.494. The van der Waals surface area contributed by atoms with Gasteiger partial charge in [0.05, 0.1) is 21.0 Å². The van der Waals surface area contributed by atoms with Crippen LogP contribution < -0.4 is 0 Å². The van der Waals surface area contributed by atoms with Gasteiger partial charge in [0.25, 0.3) is 0 Å². The van der Waals surface area contributed by atoms with Crippen LogP contribution in [-0.4, -0.2) is 14.9 Å². The molecule has 0 saturated carbocycles. The Balaban J connectivity index is 2.12. The predicted molar refractivity (Wildman–Crippen MR) is 91.6 cm³/mol. The van der Waals surface area contributed by atoms with Gasteiger partial charge in [0, 0.05) is 15.5 Å². The number of unbranched alkanes of at least 4 members (excludes halogenated alkanes) is 1. The largest absolute Gasteiger partial charge is 0.252 e. The topological polar surface area (TPSA) is 30.0 Å². The Morgan fingerprint density at radius 2 is 1.95 bits per heavy atom. The summed E-state index contributed by atoms with van der Waals surface area (Å²) in [5, 5.41) is 0. The molecule has 0 spiro atoms. The molecule has 0 fully saturated rings. The summed E-state index contributed by atoms with van der Waals surface area (Å²) < 4.78 is 14.6. The highest BCUT2D eigenvalue weighted by molar-refractivity contribution is 7.87. The smallest absolute Gasteiger partial charge is 0.181 e. The van der Waals surface area contributed by atoms with Gasteiger partial charge in [-0.15, -0.1) is 22.7 Å². The van der Waals surface area contributed by atoms with Gasteiger partial charge < -0.3 is 0 Å². The third-order valence-corrected chi connectivity index (χ3v) is 7.86. The Morgan fingerprint density at radius 1 is 1.20 bits per heavy atom. The van der Waals surface area contributed by atoms with E-state index in [4.69, 9.17) is 0 Å². The van der Waals surface area contributed by atoms with Gasteiger partial charge in [-0.1, -0.05) is 33.1 Å². The van der Waals surface area contributed by atoms with Gasteiger partial charge in [-0.25, -0.2) is 4.98 Å². The van der Waals surface area contributed by atoms with E-state index in [1.807, 2.05) is 0 Å². The van der Waals surface area contributed by atoms with Gasteiger partial charge >= 0.3 is 0 Å². The standard InChI is InChI=1S/C15H23NOS3/c1-5-7-8-12(6-2)9-20(17)15-16-13-10(3)18-11(4)14(13)19-15/h12H,5-9H2,1-4H3. The third-order valence-electron chi connectivity index (χ3n) is 3.69. The zero-order valence-electron chi connectivity index (χ0n) is 12.7. The molecule has 0 bridgehead atoms. The average molecular weight is 330 g/mol. The molecule has 0 aliphatic carbocycles. The fourth-order valence-electron chi connectivity index (χ4n) is 2.38. The van der Waals surface area contributed by atoms with Gasteiger partial charge in [0.15, 0.2) is 4.34 Å². The number of aromatic nitrogens is 1. The summed E-state index contributed by atoms with van der Waals surface area (Å²) in [5.74, 6) is 1.34. The molecule has 2 heterocycles. The molecule has 20 heavy (non-hydrogen) atoms. The van der Waals surface area contributed by atoms with Gasteiger partial charge in [-0.3, -0.25) is 4.21 Å². The van der Waals surface area contributed by atoms with Crippen LogP contribution >= 0.6 is 22.7 Å². The number of nitrogens with zero attached hydrogens (tertiary/aromatic N) is 1. The second-order valence-electron chi connectivity index (χ2n) is 5.30. The number of hydrogen-bond acceptors (Lipinski definition) is 4. The summed E-state index contributed by atoms with van der Waals surface area (Å²) >= 11 is 3.42. The number of rotatable bonds is 7. The van der Waals surface area contributed by atoms with Crippen molar-refractivity contribution in [3.05, 3.63) is 9.75 Å². The highest BCUT2D eigenvalue weighted by Crippen LogP contribution is 2.35. The van der Waals surface area contributed by atoms with Crippen molar-refractivity contribution >= 4 is 43.7 Å². The van der Waals surface area contributed by atoms with Crippen LogP contribution in [0, 0.1) is 19.8 Å². The van der Waals surface area contributed by atoms with Crippen molar-refractivity contribution in [2.45, 2.75) is 57.7 Å². The van der Waals surface area contributed by atoms with E-state index in [0.29, 0.717) is 5.92 Å². The third kappa shape index (κ3) is 3.49. The Hall–Kier alpha value is -0.260. The highest BCUT2D eigenvalue weighted by atomic mass is 32.2. The summed E-state index contributed by atoms with van der Waals surface area (Å²) in [6.45, 7) is 8.64. The Kier molecular flexibility index (Phi) is 5.75. The van der Waals surface area contributed by atoms with Crippen molar-refractivity contribution in [1.29, 1.82) is 0 Å². The van der Waals surface area contributed by atoms with E-state index in [2.05, 4.69) is 32.7 Å². The molecule has 2 aromatic rings. The first-order valence-corrected chi connectivity index (χ1v) is 10.3. The van der Waals surface area contributed by atoms with E-state index in [1.165, 1.54) is 33.7 Å². The number of thiazole rings is 1. The average Bonchev–Trinajstić information content (AvgIpc) is 2.97. The molecule has 0 aliphatic rings. The number of fused-ring (bicyclic) bond motifs is 1. The Labute approximate surface area is 132 Å². The molecule has 0 aliphatic heterocycles. The van der Waals surface area contributed by atoms with Crippen molar-refractivity contribution in [2.24, 2.45) is 5.92 Å². The van der Waals surface area contributed by atoms with Gasteiger partial charge in [-0.05, 0) is 26.2 Å². The maximum Gasteiger partial charge on any atom is 0.181 e. The van der Waals surface area contributed by atoms with Crippen LogP contribution in [0.1, 0.15) is 49.3 Å². The van der Waals surface area contributed by atoms with E-state index in [1.54, 1.807) is 22.7 Å². The fourth-order valence-corrected chi connectivity index (χ4v) is 6.33. The predicted octanol–water partition coefficient (Wildman–Crippen LogP) is 5.30. The molecular formula is C15H23NOS3. The minimum absolute atomic E-state index is 0.569. The van der Waals surface area contributed by atoms with E-state index in [0.717, 1.165) is 22.0 Å². The lowest BCUT2D eigenvalue weighted by Gasteiger charge is -2.12. The van der Waals surface area contributed by atoms with E-state index in [-0.39, 0.29) is 0 Å². The van der Waals surface area contributed by atoms with E-state index < -0.39 is 10.8 Å². The molecule has 2 rings (SSSR count). The molecule has 0 amide bonds. The van der Waals surface area contributed by atoms with Crippen molar-refractivity contribution in [1.82, 2.24) is 4.98 Å². The maximum absolute atomic E-state index is 12.5. The first-order valence-electron chi connectivity index (χ1n) is 7.31. The summed E-state index contributed by atoms with van der Waals surface area (Å²) in [5.41, 5.74) is 1.07. The van der Waals surface area contributed by atoms with Gasteiger partial charge in [0.1, 0.15) is 0 Å². The summed E-state index contributed by atoms with van der Waals surface area (Å²) in [4.78, 5) is 7.18. The van der Waals surface area contributed by atoms with Crippen LogP contribution in [0.2, 0.25) is 0 Å². The number of thiophene rings is 1. The molecule has 2 atom stereocenters. The van der Waals surface area contributed by atoms with Gasteiger partial charge in [-0.2, -0.15) is 0 Å². The summed E-state index contributed by atoms with van der Waals surface area (Å²) in [6, 6.07) is 0. The molecule has 0 saturated heterocycles. The van der Waals surface area contributed by atoms with Crippen LogP contribution in [-0.2, 0) is 10.8 Å². The summed E-state index contributed by atoms with van der Waals surface area (Å²) in [7, 11) is -0.932. The number of aryl methyl sites for hydroxylation is 2. The molecule has 2 aromatic heterocycles. The molecule has 2 unspecified atom stereocenters. The maximum atomic E-state index is 12.5. The van der Waals surface area contributed by atoms with Crippen LogP contribution in [0.15, 0.2) is 4.34 Å². The zero-order valence-corrected chi connectivity index (χ0v) is 15.1.